The van der Waals surface area contributed by atoms with Crippen LogP contribution in [-0.2, 0) is 41.6 Å². The molecule has 0 aromatic heterocycles. The molecule has 0 heterocycles. The maximum atomic E-state index is 12.5. The van der Waals surface area contributed by atoms with E-state index in [1.165, 1.54) is 11.6 Å². The first-order chi connectivity index (χ1) is 33.3. The van der Waals surface area contributed by atoms with Gasteiger partial charge in [-0.1, -0.05) is 97.1 Å². The number of nitrogen functional groups attached to an aromatic ring is 1. The zero-order valence-electron chi connectivity index (χ0n) is 41.1. The number of allylic oxidation sites excluding steroid dienone is 2. The number of para-hydroxylation sites is 4. The van der Waals surface area contributed by atoms with Crippen LogP contribution in [0.15, 0.2) is 133 Å². The second-order valence-electron chi connectivity index (χ2n) is 16.9. The highest BCUT2D eigenvalue weighted by Crippen LogP contribution is 2.24. The molecule has 8 N–H and O–H groups in total. The number of nitrogens with two attached hydrogens (primary N) is 2. The monoisotopic (exact) mass is 992 g/mol. The van der Waals surface area contributed by atoms with Crippen LogP contribution in [0.3, 0.4) is 0 Å². The van der Waals surface area contributed by atoms with Crippen molar-refractivity contribution in [1.29, 1.82) is 0 Å². The summed E-state index contributed by atoms with van der Waals surface area (Å²) in [5.74, 6) is -3.20. The summed E-state index contributed by atoms with van der Waals surface area (Å²) in [7, 11) is 3.16. The second kappa shape index (κ2) is 32.4. The number of carbonyl (C=O) groups excluding carboxylic acids is 4. The molecule has 0 saturated heterocycles. The van der Waals surface area contributed by atoms with Gasteiger partial charge >= 0.3 is 24.2 Å². The van der Waals surface area contributed by atoms with Crippen LogP contribution in [0.25, 0.3) is 0 Å². The molecular weight excluding hydrogens is 926 g/mol. The molecule has 0 spiro atoms. The van der Waals surface area contributed by atoms with Crippen molar-refractivity contribution in [3.8, 4) is 11.5 Å². The number of ketones is 2. The van der Waals surface area contributed by atoms with Gasteiger partial charge in [0.2, 0.25) is 5.91 Å². The van der Waals surface area contributed by atoms with Gasteiger partial charge in [0.1, 0.15) is 22.9 Å². The van der Waals surface area contributed by atoms with Gasteiger partial charge in [0.25, 0.3) is 0 Å². The lowest BCUT2D eigenvalue weighted by Crippen LogP contribution is -2.42. The van der Waals surface area contributed by atoms with Crippen molar-refractivity contribution in [3.05, 3.63) is 145 Å². The largest absolute Gasteiger partial charge is 0.495 e. The fourth-order valence-electron chi connectivity index (χ4n) is 6.00. The van der Waals surface area contributed by atoms with Crippen molar-refractivity contribution in [3.63, 3.8) is 0 Å². The maximum Gasteiger partial charge on any atom is 0.490 e. The molecule has 4 atom stereocenters. The number of carboxylic acids is 2. The SMILES string of the molecule is COc1ccccc1N.COc1ccccc1NC(=O)/C=C/[C@H](CCc1ccccc1)CC(=O)[C@H](C)N.C[C@H](NC(=O)OC(C)(C)C)C(=O)C[C@H](/C=C/C(=O)O)CCc1ccccc1.O=C(O)C(F)(F)F. The average molecular weight is 993 g/mol. The molecule has 386 valence electrons. The molecule has 4 aromatic rings. The Labute approximate surface area is 413 Å². The van der Waals surface area contributed by atoms with Gasteiger partial charge in [0.05, 0.1) is 37.7 Å². The molecule has 0 fully saturated rings. The third-order valence-electron chi connectivity index (χ3n) is 9.72. The molecule has 0 saturated carbocycles. The van der Waals surface area contributed by atoms with E-state index >= 15 is 0 Å². The molecular formula is C53H67F3N4O11. The number of Topliss-reactive ketones (excluding diaryl/α,β-unsaturated/α-hetero) is 2. The molecule has 4 rings (SSSR count). The summed E-state index contributed by atoms with van der Waals surface area (Å²) >= 11 is 0. The first-order valence-electron chi connectivity index (χ1n) is 22.4. The summed E-state index contributed by atoms with van der Waals surface area (Å²) in [6.07, 6.45) is 3.59. The first kappa shape index (κ1) is 61.5. The lowest BCUT2D eigenvalue weighted by atomic mass is 9.92. The maximum absolute atomic E-state index is 12.5. The summed E-state index contributed by atoms with van der Waals surface area (Å²) < 4.78 is 47.1. The molecule has 0 aliphatic carbocycles. The smallest absolute Gasteiger partial charge is 0.490 e. The van der Waals surface area contributed by atoms with Gasteiger partial charge in [-0.25, -0.2) is 14.4 Å². The Balaban J connectivity index is 0.000000542. The highest BCUT2D eigenvalue weighted by molar-refractivity contribution is 6.00. The van der Waals surface area contributed by atoms with Crippen molar-refractivity contribution in [2.75, 3.05) is 25.3 Å². The Kier molecular flexibility index (Phi) is 28.1. The fourth-order valence-corrected chi connectivity index (χ4v) is 6.00. The van der Waals surface area contributed by atoms with Crippen LogP contribution in [0.5, 0.6) is 11.5 Å². The summed E-state index contributed by atoms with van der Waals surface area (Å²) in [5, 5.41) is 21.3. The predicted octanol–water partition coefficient (Wildman–Crippen LogP) is 9.40. The Morgan fingerprint density at radius 3 is 1.52 bits per heavy atom. The fraction of sp³-hybridized carbons (Fsp3) is 0.358. The summed E-state index contributed by atoms with van der Waals surface area (Å²) in [6, 6.07) is 33.3. The van der Waals surface area contributed by atoms with Crippen molar-refractivity contribution in [2.45, 2.75) is 97.0 Å². The van der Waals surface area contributed by atoms with Crippen molar-refractivity contribution >= 4 is 46.9 Å². The van der Waals surface area contributed by atoms with E-state index in [-0.39, 0.29) is 35.7 Å². The lowest BCUT2D eigenvalue weighted by Gasteiger charge is -2.22. The highest BCUT2D eigenvalue weighted by Gasteiger charge is 2.38. The summed E-state index contributed by atoms with van der Waals surface area (Å²) in [5.41, 5.74) is 14.2. The number of carboxylic acid groups (broad SMARTS) is 2. The highest BCUT2D eigenvalue weighted by atomic mass is 19.4. The Morgan fingerprint density at radius 1 is 0.662 bits per heavy atom. The third-order valence-corrected chi connectivity index (χ3v) is 9.72. The molecule has 18 heteroatoms. The van der Waals surface area contributed by atoms with Gasteiger partial charge < -0.3 is 46.5 Å². The average Bonchev–Trinajstić information content (AvgIpc) is 3.31. The van der Waals surface area contributed by atoms with Crippen molar-refractivity contribution in [2.24, 2.45) is 17.6 Å². The van der Waals surface area contributed by atoms with Crippen LogP contribution in [0.4, 0.5) is 29.3 Å². The molecule has 0 aliphatic heterocycles. The molecule has 0 radical (unpaired) electrons. The second-order valence-corrected chi connectivity index (χ2v) is 16.9. The number of halogens is 3. The topological polar surface area (TPSA) is 247 Å². The number of hydrogen-bond acceptors (Lipinski definition) is 11. The van der Waals surface area contributed by atoms with Crippen LogP contribution < -0.4 is 31.6 Å². The predicted molar refractivity (Wildman–Crippen MR) is 267 cm³/mol. The lowest BCUT2D eigenvalue weighted by molar-refractivity contribution is -0.192. The molecule has 2 amide bonds. The number of amides is 2. The van der Waals surface area contributed by atoms with E-state index in [1.807, 2.05) is 78.9 Å². The summed E-state index contributed by atoms with van der Waals surface area (Å²) in [4.78, 5) is 68.4. The minimum atomic E-state index is -5.08. The molecule has 0 bridgehead atoms. The number of aliphatic carboxylic acids is 2. The number of alkyl carbamates (subject to hydrolysis) is 1. The Bertz CT molecular complexity index is 2320. The molecule has 0 unspecified atom stereocenters. The van der Waals surface area contributed by atoms with Crippen LogP contribution >= 0.6 is 0 Å². The minimum Gasteiger partial charge on any atom is -0.495 e. The molecule has 4 aromatic carbocycles. The van der Waals surface area contributed by atoms with Crippen molar-refractivity contribution < 1.29 is 66.4 Å². The third kappa shape index (κ3) is 28.6. The number of methoxy groups -OCH3 is 2. The number of hydrogen-bond donors (Lipinski definition) is 6. The number of anilines is 2. The van der Waals surface area contributed by atoms with Crippen molar-refractivity contribution in [1.82, 2.24) is 5.32 Å². The number of rotatable bonds is 20. The van der Waals surface area contributed by atoms with E-state index in [4.69, 9.17) is 40.7 Å². The van der Waals surface area contributed by atoms with Gasteiger partial charge in [-0.3, -0.25) is 14.4 Å². The van der Waals surface area contributed by atoms with E-state index in [2.05, 4.69) is 22.8 Å². The van der Waals surface area contributed by atoms with E-state index < -0.39 is 41.9 Å². The number of nitrogens with one attached hydrogen (secondary N) is 2. The number of alkyl halides is 3. The van der Waals surface area contributed by atoms with Gasteiger partial charge in [-0.05, 0) is 114 Å². The normalized spacial score (nSPS) is 12.7. The molecule has 15 nitrogen and oxygen atoms in total. The number of benzene rings is 4. The van der Waals surface area contributed by atoms with E-state index in [1.54, 1.807) is 79.2 Å². The molecule has 71 heavy (non-hydrogen) atoms. The van der Waals surface area contributed by atoms with Crippen LogP contribution in [-0.4, -0.2) is 83.8 Å². The first-order valence-corrected chi connectivity index (χ1v) is 22.4. The number of ether oxygens (including phenoxy) is 3. The number of carbonyl (C=O) groups is 6. The van der Waals surface area contributed by atoms with Gasteiger partial charge in [-0.2, -0.15) is 13.2 Å². The van der Waals surface area contributed by atoms with Crippen LogP contribution in [0.1, 0.15) is 71.4 Å². The van der Waals surface area contributed by atoms with Crippen LogP contribution in [0, 0.1) is 11.8 Å². The van der Waals surface area contributed by atoms with Crippen LogP contribution in [0.2, 0.25) is 0 Å². The number of aryl methyl sites for hydroxylation is 2. The van der Waals surface area contributed by atoms with E-state index in [0.717, 1.165) is 36.7 Å². The minimum absolute atomic E-state index is 0.00662. The molecule has 0 aliphatic rings. The summed E-state index contributed by atoms with van der Waals surface area (Å²) in [6.45, 7) is 8.52. The zero-order chi connectivity index (χ0) is 53.6. The Morgan fingerprint density at radius 2 is 1.10 bits per heavy atom. The van der Waals surface area contributed by atoms with E-state index in [0.29, 0.717) is 30.0 Å². The van der Waals surface area contributed by atoms with Gasteiger partial charge in [0.15, 0.2) is 5.78 Å². The van der Waals surface area contributed by atoms with E-state index in [9.17, 15) is 37.1 Å². The quantitative estimate of drug-likeness (QED) is 0.0357. The standard InChI is InChI=1S/C23H28N2O3.C21H29NO5.C7H9NO.C2HF3O2/c1-17(24)21(26)16-19(13-12-18-8-4-3-5-9-18)14-15-23(27)25-20-10-6-7-11-22(20)28-2;1-15(22-20(26)27-21(2,3)4)18(23)14-17(12-13-19(24)25)11-10-16-8-6-5-7-9-16;1-9-7-5-3-2-4-6(7)8;3-2(4,5)1(6)7/h3-11,14-15,17,19H,12-13,16,24H2,1-2H3,(H,25,27);5-9,12-13,15,17H,10-11,14H2,1-4H3,(H,22,26)(H,24,25);2-5H,8H2,1H3;(H,6,7)/b15-14+;13-12+;;/t17-,19-;15-,17-;;/m00../s1. The Hall–Kier alpha value is -7.47. The van der Waals surface area contributed by atoms with Gasteiger partial charge in [0, 0.05) is 18.9 Å². The van der Waals surface area contributed by atoms with Gasteiger partial charge in [-0.15, -0.1) is 0 Å². The zero-order valence-corrected chi connectivity index (χ0v) is 41.1.